The lowest BCUT2D eigenvalue weighted by atomic mass is 9.81. The molecule has 0 spiro atoms. The molecule has 286 valence electrons. The first-order valence-electron chi connectivity index (χ1n) is 20.9. The molecular weight excluding hydrogens is 728 g/mol. The fraction of sp³-hybridized carbons (Fsp3) is 0.0847. The molecule has 1 heteroatoms. The lowest BCUT2D eigenvalue weighted by Crippen LogP contribution is -2.10. The monoisotopic (exact) mass is 770 g/mol. The van der Waals surface area contributed by atoms with Crippen molar-refractivity contribution in [2.24, 2.45) is 0 Å². The van der Waals surface area contributed by atoms with Crippen LogP contribution in [0.15, 0.2) is 188 Å². The zero-order valence-corrected chi connectivity index (χ0v) is 34.3. The molecule has 0 amide bonds. The van der Waals surface area contributed by atoms with Gasteiger partial charge in [0.15, 0.2) is 0 Å². The summed E-state index contributed by atoms with van der Waals surface area (Å²) >= 11 is 0. The molecule has 0 saturated heterocycles. The van der Waals surface area contributed by atoms with Crippen LogP contribution in [-0.2, 0) is 5.41 Å². The number of hydrogen-bond donors (Lipinski definition) is 0. The van der Waals surface area contributed by atoms with Crippen molar-refractivity contribution < 1.29 is 4.39 Å². The van der Waals surface area contributed by atoms with Gasteiger partial charge in [-0.05, 0) is 163 Å². The van der Waals surface area contributed by atoms with Gasteiger partial charge in [0.25, 0.3) is 0 Å². The van der Waals surface area contributed by atoms with Gasteiger partial charge in [0.2, 0.25) is 0 Å². The van der Waals surface area contributed by atoms with Gasteiger partial charge >= 0.3 is 0 Å². The number of aryl methyl sites for hydroxylation is 1. The number of benzene rings is 11. The molecule has 0 aliphatic carbocycles. The standard InChI is InChI=1S/C59H43F/c1-36-17-19-37(20-18-36)39-23-28-51-56(32-39)58(54-35-42-31-44(60)27-30-46(42)48-14-8-10-16-50(48)54)52-29-24-40(38-21-25-43(26-22-38)59(2,3)4)33-55(52)57(51)53-34-41-11-5-6-12-45(41)47-13-7-9-15-49(47)53/h5-35H,1-4H3. The van der Waals surface area contributed by atoms with E-state index in [-0.39, 0.29) is 11.2 Å². The number of hydrogen-bond acceptors (Lipinski definition) is 0. The fourth-order valence-corrected chi connectivity index (χ4v) is 9.63. The van der Waals surface area contributed by atoms with E-state index in [9.17, 15) is 0 Å². The molecule has 0 nitrogen and oxygen atoms in total. The van der Waals surface area contributed by atoms with Crippen molar-refractivity contribution in [3.63, 3.8) is 0 Å². The molecule has 0 aliphatic heterocycles. The van der Waals surface area contributed by atoms with Crippen LogP contribution in [0.1, 0.15) is 31.9 Å². The third kappa shape index (κ3) is 5.88. The second-order valence-corrected chi connectivity index (χ2v) is 17.5. The lowest BCUT2D eigenvalue weighted by Gasteiger charge is -2.22. The maximum absolute atomic E-state index is 15.1. The zero-order valence-electron chi connectivity index (χ0n) is 34.3. The number of halogens is 1. The minimum atomic E-state index is -0.235. The molecule has 0 radical (unpaired) electrons. The molecule has 0 heterocycles. The Balaban J connectivity index is 1.33. The summed E-state index contributed by atoms with van der Waals surface area (Å²) < 4.78 is 15.1. The van der Waals surface area contributed by atoms with Crippen molar-refractivity contribution in [2.75, 3.05) is 0 Å². The van der Waals surface area contributed by atoms with Crippen LogP contribution in [0.3, 0.4) is 0 Å². The van der Waals surface area contributed by atoms with Crippen LogP contribution in [0.4, 0.5) is 4.39 Å². The van der Waals surface area contributed by atoms with Crippen LogP contribution in [0, 0.1) is 12.7 Å². The number of rotatable bonds is 4. The lowest BCUT2D eigenvalue weighted by molar-refractivity contribution is 0.590. The van der Waals surface area contributed by atoms with Crippen LogP contribution in [0.2, 0.25) is 0 Å². The quantitative estimate of drug-likeness (QED) is 0.123. The van der Waals surface area contributed by atoms with E-state index in [2.05, 4.69) is 198 Å². The highest BCUT2D eigenvalue weighted by atomic mass is 19.1. The van der Waals surface area contributed by atoms with Crippen LogP contribution in [0.5, 0.6) is 0 Å². The van der Waals surface area contributed by atoms with Gasteiger partial charge in [-0.3, -0.25) is 0 Å². The highest BCUT2D eigenvalue weighted by Gasteiger charge is 2.23. The minimum absolute atomic E-state index is 0.0585. The van der Waals surface area contributed by atoms with Crippen LogP contribution in [0.25, 0.3) is 109 Å². The van der Waals surface area contributed by atoms with Crippen molar-refractivity contribution in [3.05, 3.63) is 205 Å². The highest BCUT2D eigenvalue weighted by Crippen LogP contribution is 2.50. The summed E-state index contributed by atoms with van der Waals surface area (Å²) in [6.07, 6.45) is 0. The smallest absolute Gasteiger partial charge is 0.123 e. The minimum Gasteiger partial charge on any atom is -0.207 e. The summed E-state index contributed by atoms with van der Waals surface area (Å²) in [4.78, 5) is 0. The van der Waals surface area contributed by atoms with Crippen molar-refractivity contribution in [1.29, 1.82) is 0 Å². The van der Waals surface area contributed by atoms with Gasteiger partial charge in [-0.2, -0.15) is 0 Å². The van der Waals surface area contributed by atoms with E-state index in [0.717, 1.165) is 49.0 Å². The molecule has 0 aliphatic rings. The first kappa shape index (κ1) is 36.0. The molecule has 11 aromatic carbocycles. The molecule has 0 unspecified atom stereocenters. The Morgan fingerprint density at radius 3 is 1.32 bits per heavy atom. The summed E-state index contributed by atoms with van der Waals surface area (Å²) in [6, 6.07) is 68.0. The SMILES string of the molecule is Cc1ccc(-c2ccc3c(-c4cc5ccccc5c5ccccc45)c4cc(-c5ccc(C(C)(C)C)cc5)ccc4c(-c4cc5cc(F)ccc5c5ccccc45)c3c2)cc1. The Labute approximate surface area is 350 Å². The molecule has 60 heavy (non-hydrogen) atoms. The first-order chi connectivity index (χ1) is 29.2. The molecule has 11 aromatic rings. The van der Waals surface area contributed by atoms with Crippen molar-refractivity contribution in [1.82, 2.24) is 0 Å². The van der Waals surface area contributed by atoms with E-state index in [1.807, 2.05) is 6.07 Å². The predicted molar refractivity (Wildman–Crippen MR) is 257 cm³/mol. The van der Waals surface area contributed by atoms with E-state index in [1.165, 1.54) is 71.3 Å². The van der Waals surface area contributed by atoms with Gasteiger partial charge in [-0.25, -0.2) is 4.39 Å². The molecule has 0 N–H and O–H groups in total. The third-order valence-corrected chi connectivity index (χ3v) is 12.7. The summed E-state index contributed by atoms with van der Waals surface area (Å²) in [6.45, 7) is 8.93. The largest absolute Gasteiger partial charge is 0.207 e. The van der Waals surface area contributed by atoms with Crippen LogP contribution in [-0.4, -0.2) is 0 Å². The van der Waals surface area contributed by atoms with Crippen molar-refractivity contribution >= 4 is 64.6 Å². The molecule has 0 saturated carbocycles. The van der Waals surface area contributed by atoms with Gasteiger partial charge < -0.3 is 0 Å². The normalized spacial score (nSPS) is 12.1. The molecule has 0 bridgehead atoms. The average molecular weight is 771 g/mol. The van der Waals surface area contributed by atoms with Gasteiger partial charge in [0.1, 0.15) is 5.82 Å². The molecule has 11 rings (SSSR count). The summed E-state index contributed by atoms with van der Waals surface area (Å²) in [5.41, 5.74) is 12.0. The van der Waals surface area contributed by atoms with E-state index < -0.39 is 0 Å². The second-order valence-electron chi connectivity index (χ2n) is 17.5. The average Bonchev–Trinajstić information content (AvgIpc) is 3.27. The van der Waals surface area contributed by atoms with E-state index >= 15 is 4.39 Å². The van der Waals surface area contributed by atoms with Gasteiger partial charge in [0, 0.05) is 0 Å². The zero-order chi connectivity index (χ0) is 40.7. The molecule has 0 fully saturated rings. The van der Waals surface area contributed by atoms with Crippen LogP contribution < -0.4 is 0 Å². The third-order valence-electron chi connectivity index (χ3n) is 12.7. The Morgan fingerprint density at radius 1 is 0.333 bits per heavy atom. The fourth-order valence-electron chi connectivity index (χ4n) is 9.63. The Bertz CT molecular complexity index is 3510. The van der Waals surface area contributed by atoms with Crippen molar-refractivity contribution in [2.45, 2.75) is 33.1 Å². The summed E-state index contributed by atoms with van der Waals surface area (Å²) in [5, 5.41) is 13.8. The Hall–Kier alpha value is -7.09. The Kier molecular flexibility index (Phi) is 8.26. The van der Waals surface area contributed by atoms with Gasteiger partial charge in [-0.15, -0.1) is 0 Å². The van der Waals surface area contributed by atoms with Gasteiger partial charge in [0.05, 0.1) is 0 Å². The van der Waals surface area contributed by atoms with E-state index in [1.54, 1.807) is 12.1 Å². The Morgan fingerprint density at radius 2 is 0.767 bits per heavy atom. The molecule has 0 aromatic heterocycles. The van der Waals surface area contributed by atoms with E-state index in [0.29, 0.717) is 0 Å². The molecular formula is C59H43F. The van der Waals surface area contributed by atoms with Gasteiger partial charge in [-0.1, -0.05) is 178 Å². The van der Waals surface area contributed by atoms with Crippen molar-refractivity contribution in [3.8, 4) is 44.5 Å². The van der Waals surface area contributed by atoms with E-state index in [4.69, 9.17) is 0 Å². The molecule has 0 atom stereocenters. The topological polar surface area (TPSA) is 0 Å². The highest BCUT2D eigenvalue weighted by molar-refractivity contribution is 6.29. The first-order valence-corrected chi connectivity index (χ1v) is 20.9. The maximum Gasteiger partial charge on any atom is 0.123 e. The predicted octanol–water partition coefficient (Wildman–Crippen LogP) is 17.0. The van der Waals surface area contributed by atoms with Crippen LogP contribution >= 0.6 is 0 Å². The summed E-state index contributed by atoms with van der Waals surface area (Å²) in [7, 11) is 0. The maximum atomic E-state index is 15.1. The second kappa shape index (κ2) is 13.8. The summed E-state index contributed by atoms with van der Waals surface area (Å²) in [5.74, 6) is -0.235. The number of fused-ring (bicyclic) bond motifs is 8.